The van der Waals surface area contributed by atoms with E-state index in [0.717, 1.165) is 12.1 Å². The van der Waals surface area contributed by atoms with Crippen molar-refractivity contribution in [2.75, 3.05) is 18.1 Å². The lowest BCUT2D eigenvalue weighted by Crippen LogP contribution is -2.54. The highest BCUT2D eigenvalue weighted by Crippen LogP contribution is 2.36. The Balaban J connectivity index is 2.00. The average Bonchev–Trinajstić information content (AvgIpc) is 2.45. The van der Waals surface area contributed by atoms with E-state index >= 15 is 0 Å². The van der Waals surface area contributed by atoms with Crippen molar-refractivity contribution in [3.8, 4) is 5.75 Å². The number of ether oxygens (including phenoxy) is 1. The number of fused-ring (bicyclic) bond motifs is 1. The predicted octanol–water partition coefficient (Wildman–Crippen LogP) is 0.349. The van der Waals surface area contributed by atoms with Gasteiger partial charge >= 0.3 is 10.2 Å². The van der Waals surface area contributed by atoms with Gasteiger partial charge in [0, 0.05) is 6.42 Å². The fraction of sp³-hybridized carbons (Fsp3) is 0.385. The third kappa shape index (κ3) is 2.63. The molecule has 1 atom stereocenters. The van der Waals surface area contributed by atoms with Crippen molar-refractivity contribution in [3.05, 3.63) is 18.2 Å². The van der Waals surface area contributed by atoms with E-state index in [1.54, 1.807) is 4.90 Å². The van der Waals surface area contributed by atoms with Gasteiger partial charge in [-0.15, -0.1) is 3.89 Å². The lowest BCUT2D eigenvalue weighted by molar-refractivity contribution is -0.134. The van der Waals surface area contributed by atoms with Gasteiger partial charge in [-0.05, 0) is 24.6 Å². The summed E-state index contributed by atoms with van der Waals surface area (Å²) in [5.41, 5.74) is 0.333. The molecule has 2 amide bonds. The lowest BCUT2D eigenvalue weighted by atomic mass is 10.0. The highest BCUT2D eigenvalue weighted by molar-refractivity contribution is 7.86. The summed E-state index contributed by atoms with van der Waals surface area (Å²) in [6.07, 6.45) is 0.515. The maximum Gasteiger partial charge on any atom is 0.332 e. The van der Waals surface area contributed by atoms with E-state index in [4.69, 9.17) is 4.74 Å². The summed E-state index contributed by atoms with van der Waals surface area (Å²) in [6, 6.07) is 3.01. The molecule has 0 bridgehead atoms. The second kappa shape index (κ2) is 5.24. The molecule has 1 aromatic rings. The molecule has 2 aliphatic heterocycles. The van der Waals surface area contributed by atoms with Gasteiger partial charge in [-0.25, -0.2) is 0 Å². The number of anilines is 1. The first-order valence-corrected chi connectivity index (χ1v) is 8.06. The number of piperidine rings is 1. The minimum absolute atomic E-state index is 0.199. The van der Waals surface area contributed by atoms with Crippen LogP contribution in [0.4, 0.5) is 9.57 Å². The minimum Gasteiger partial charge on any atom is -0.490 e. The van der Waals surface area contributed by atoms with Crippen molar-refractivity contribution in [2.45, 2.75) is 23.8 Å². The van der Waals surface area contributed by atoms with E-state index in [1.165, 1.54) is 6.07 Å². The summed E-state index contributed by atoms with van der Waals surface area (Å²) in [4.78, 5) is 24.4. The van der Waals surface area contributed by atoms with Crippen LogP contribution in [0.2, 0.25) is 0 Å². The van der Waals surface area contributed by atoms with Gasteiger partial charge in [0.2, 0.25) is 11.8 Å². The van der Waals surface area contributed by atoms with Gasteiger partial charge in [-0.2, -0.15) is 8.42 Å². The fourth-order valence-electron chi connectivity index (χ4n) is 2.67. The Kier molecular flexibility index (Phi) is 3.51. The quantitative estimate of drug-likeness (QED) is 0.622. The summed E-state index contributed by atoms with van der Waals surface area (Å²) in [5.74, 6) is -0.407. The SMILES string of the molecule is O=C1CCC(N2CCOc3ccc(S(=O)(=O)F)cc32)C(=O)N1. The van der Waals surface area contributed by atoms with Crippen molar-refractivity contribution < 1.29 is 26.6 Å². The molecule has 2 aliphatic rings. The fourth-order valence-corrected chi connectivity index (χ4v) is 3.16. The van der Waals surface area contributed by atoms with Crippen LogP contribution in [-0.4, -0.2) is 39.4 Å². The van der Waals surface area contributed by atoms with Crippen molar-refractivity contribution >= 4 is 27.7 Å². The van der Waals surface area contributed by atoms with Crippen LogP contribution in [0.15, 0.2) is 23.1 Å². The molecule has 0 aromatic heterocycles. The summed E-state index contributed by atoms with van der Waals surface area (Å²) in [5, 5.41) is 2.25. The molecule has 2 heterocycles. The molecule has 9 heteroatoms. The first-order chi connectivity index (χ1) is 10.4. The smallest absolute Gasteiger partial charge is 0.332 e. The van der Waals surface area contributed by atoms with Gasteiger partial charge < -0.3 is 9.64 Å². The predicted molar refractivity (Wildman–Crippen MR) is 73.7 cm³/mol. The van der Waals surface area contributed by atoms with Gasteiger partial charge in [0.25, 0.3) is 0 Å². The molecule has 1 N–H and O–H groups in total. The Morgan fingerprint density at radius 3 is 2.77 bits per heavy atom. The molecule has 1 aromatic carbocycles. The molecular formula is C13H13FN2O5S. The van der Waals surface area contributed by atoms with Gasteiger partial charge in [0.05, 0.1) is 12.2 Å². The van der Waals surface area contributed by atoms with Crippen LogP contribution < -0.4 is 15.0 Å². The third-order valence-corrected chi connectivity index (χ3v) is 4.51. The number of hydrogen-bond donors (Lipinski definition) is 1. The second-order valence-electron chi connectivity index (χ2n) is 5.08. The monoisotopic (exact) mass is 328 g/mol. The van der Waals surface area contributed by atoms with E-state index < -0.39 is 27.1 Å². The Bertz CT molecular complexity index is 749. The Morgan fingerprint density at radius 1 is 1.32 bits per heavy atom. The molecule has 1 unspecified atom stereocenters. The Morgan fingerprint density at radius 2 is 2.09 bits per heavy atom. The van der Waals surface area contributed by atoms with Crippen molar-refractivity contribution in [1.82, 2.24) is 5.32 Å². The highest BCUT2D eigenvalue weighted by atomic mass is 32.3. The second-order valence-corrected chi connectivity index (χ2v) is 6.42. The van der Waals surface area contributed by atoms with E-state index in [1.807, 2.05) is 0 Å². The van der Waals surface area contributed by atoms with Crippen LogP contribution in [0.25, 0.3) is 0 Å². The third-order valence-electron chi connectivity index (χ3n) is 3.70. The van der Waals surface area contributed by atoms with Crippen LogP contribution in [0.5, 0.6) is 5.75 Å². The molecule has 7 nitrogen and oxygen atoms in total. The number of nitrogens with one attached hydrogen (secondary N) is 1. The van der Waals surface area contributed by atoms with Crippen molar-refractivity contribution in [1.29, 1.82) is 0 Å². The number of carbonyl (C=O) groups is 2. The van der Waals surface area contributed by atoms with Crippen LogP contribution in [0.1, 0.15) is 12.8 Å². The number of imide groups is 1. The van der Waals surface area contributed by atoms with Gasteiger partial charge in [-0.1, -0.05) is 0 Å². The topological polar surface area (TPSA) is 92.8 Å². The zero-order valence-electron chi connectivity index (χ0n) is 11.4. The number of nitrogens with zero attached hydrogens (tertiary/aromatic N) is 1. The minimum atomic E-state index is -4.85. The van der Waals surface area contributed by atoms with Crippen LogP contribution in [-0.2, 0) is 19.8 Å². The van der Waals surface area contributed by atoms with Gasteiger partial charge in [0.15, 0.2) is 0 Å². The zero-order chi connectivity index (χ0) is 15.9. The molecule has 3 rings (SSSR count). The maximum atomic E-state index is 13.2. The number of carbonyl (C=O) groups excluding carboxylic acids is 2. The first kappa shape index (κ1) is 14.8. The number of benzene rings is 1. The Hall–Kier alpha value is -2.16. The van der Waals surface area contributed by atoms with Crippen molar-refractivity contribution in [2.24, 2.45) is 0 Å². The standard InChI is InChI=1S/C13H13FN2O5S/c14-22(19,20)8-1-3-11-10(7-8)16(5-6-21-11)9-2-4-12(17)15-13(9)18/h1,3,7,9H,2,4-6H2,(H,15,17,18). The molecule has 0 saturated carbocycles. The van der Waals surface area contributed by atoms with Crippen molar-refractivity contribution in [3.63, 3.8) is 0 Å². The average molecular weight is 328 g/mol. The first-order valence-electron chi connectivity index (χ1n) is 6.68. The number of rotatable bonds is 2. The lowest BCUT2D eigenvalue weighted by Gasteiger charge is -2.38. The van der Waals surface area contributed by atoms with Crippen LogP contribution in [0.3, 0.4) is 0 Å². The van der Waals surface area contributed by atoms with Crippen LogP contribution >= 0.6 is 0 Å². The zero-order valence-corrected chi connectivity index (χ0v) is 12.2. The van der Waals surface area contributed by atoms with E-state index in [2.05, 4.69) is 5.32 Å². The molecule has 0 radical (unpaired) electrons. The van der Waals surface area contributed by atoms with E-state index in [9.17, 15) is 21.9 Å². The molecular weight excluding hydrogens is 315 g/mol. The number of halogens is 1. The van der Waals surface area contributed by atoms with E-state index in [0.29, 0.717) is 31.0 Å². The van der Waals surface area contributed by atoms with Gasteiger partial charge in [-0.3, -0.25) is 14.9 Å². The van der Waals surface area contributed by atoms with E-state index in [-0.39, 0.29) is 12.3 Å². The molecule has 0 spiro atoms. The molecule has 0 aliphatic carbocycles. The maximum absolute atomic E-state index is 13.2. The largest absolute Gasteiger partial charge is 0.490 e. The summed E-state index contributed by atoms with van der Waals surface area (Å²) < 4.78 is 40.7. The highest BCUT2D eigenvalue weighted by Gasteiger charge is 2.35. The summed E-state index contributed by atoms with van der Waals surface area (Å²) in [7, 11) is -4.85. The summed E-state index contributed by atoms with van der Waals surface area (Å²) in [6.45, 7) is 0.654. The Labute approximate surface area is 126 Å². The molecule has 118 valence electrons. The molecule has 1 saturated heterocycles. The number of amides is 2. The summed E-state index contributed by atoms with van der Waals surface area (Å²) >= 11 is 0. The molecule has 1 fully saturated rings. The van der Waals surface area contributed by atoms with Gasteiger partial charge in [0.1, 0.15) is 23.3 Å². The molecule has 22 heavy (non-hydrogen) atoms. The number of hydrogen-bond acceptors (Lipinski definition) is 6. The normalized spacial score (nSPS) is 21.9. The van der Waals surface area contributed by atoms with Crippen LogP contribution in [0, 0.1) is 0 Å².